The molecule has 0 spiro atoms. The Morgan fingerprint density at radius 1 is 1.21 bits per heavy atom. The Labute approximate surface area is 138 Å². The zero-order chi connectivity index (χ0) is 17.9. The predicted octanol–water partition coefficient (Wildman–Crippen LogP) is 4.60. The Morgan fingerprint density at radius 2 is 1.92 bits per heavy atom. The minimum absolute atomic E-state index is 0.119. The predicted molar refractivity (Wildman–Crippen MR) is 81.1 cm³/mol. The Bertz CT molecular complexity index is 793. The van der Waals surface area contributed by atoms with Crippen LogP contribution in [0.15, 0.2) is 47.4 Å². The summed E-state index contributed by atoms with van der Waals surface area (Å²) in [7, 11) is 0. The molecular formula is C15H10F3NO4S. The normalized spacial score (nSPS) is 11.3. The molecule has 24 heavy (non-hydrogen) atoms. The van der Waals surface area contributed by atoms with Crippen molar-refractivity contribution in [1.82, 2.24) is 0 Å². The number of halogens is 3. The summed E-state index contributed by atoms with van der Waals surface area (Å²) in [6, 6.07) is 8.27. The fourth-order valence-corrected chi connectivity index (χ4v) is 2.83. The van der Waals surface area contributed by atoms with Crippen molar-refractivity contribution in [2.75, 3.05) is 0 Å². The number of non-ortho nitro benzene ring substituents is 1. The van der Waals surface area contributed by atoms with Crippen molar-refractivity contribution in [2.24, 2.45) is 0 Å². The second-order valence-corrected chi connectivity index (χ2v) is 5.81. The summed E-state index contributed by atoms with van der Waals surface area (Å²) in [5, 5.41) is 19.6. The topological polar surface area (TPSA) is 80.4 Å². The van der Waals surface area contributed by atoms with E-state index in [1.165, 1.54) is 18.2 Å². The molecule has 0 heterocycles. The lowest BCUT2D eigenvalue weighted by atomic mass is 10.1. The Kier molecular flexibility index (Phi) is 5.13. The molecule has 0 aromatic heterocycles. The number of carboxylic acids is 1. The van der Waals surface area contributed by atoms with Gasteiger partial charge in [0.25, 0.3) is 5.69 Å². The molecule has 0 saturated carbocycles. The highest BCUT2D eigenvalue weighted by atomic mass is 32.2. The number of nitro benzene ring substituents is 1. The van der Waals surface area contributed by atoms with E-state index in [2.05, 4.69) is 0 Å². The quantitative estimate of drug-likeness (QED) is 0.480. The van der Waals surface area contributed by atoms with Crippen molar-refractivity contribution >= 4 is 23.4 Å². The van der Waals surface area contributed by atoms with E-state index < -0.39 is 28.2 Å². The summed E-state index contributed by atoms with van der Waals surface area (Å²) in [5.41, 5.74) is -1.10. The molecule has 1 N–H and O–H groups in total. The van der Waals surface area contributed by atoms with Crippen molar-refractivity contribution < 1.29 is 28.0 Å². The highest BCUT2D eigenvalue weighted by molar-refractivity contribution is 7.98. The molecule has 0 atom stereocenters. The zero-order valence-corrected chi connectivity index (χ0v) is 12.7. The number of hydrogen-bond acceptors (Lipinski definition) is 4. The summed E-state index contributed by atoms with van der Waals surface area (Å²) >= 11 is 0.970. The average molecular weight is 357 g/mol. The molecule has 0 fully saturated rings. The van der Waals surface area contributed by atoms with Gasteiger partial charge in [0.05, 0.1) is 16.1 Å². The molecule has 0 aliphatic carbocycles. The summed E-state index contributed by atoms with van der Waals surface area (Å²) in [4.78, 5) is 21.2. The SMILES string of the molecule is O=C(O)c1cc(SCc2cccc([N+](=O)[O-])c2)cc(C(F)(F)F)c1. The van der Waals surface area contributed by atoms with E-state index in [-0.39, 0.29) is 16.3 Å². The van der Waals surface area contributed by atoms with Crippen LogP contribution in [0.5, 0.6) is 0 Å². The molecule has 2 aromatic carbocycles. The van der Waals surface area contributed by atoms with Crippen LogP contribution >= 0.6 is 11.8 Å². The van der Waals surface area contributed by atoms with Gasteiger partial charge in [-0.25, -0.2) is 4.79 Å². The van der Waals surface area contributed by atoms with Gasteiger partial charge in [0, 0.05) is 22.8 Å². The Balaban J connectivity index is 2.26. The molecule has 0 unspecified atom stereocenters. The largest absolute Gasteiger partial charge is 0.478 e. The molecule has 0 aliphatic heterocycles. The molecular weight excluding hydrogens is 347 g/mol. The van der Waals surface area contributed by atoms with Crippen LogP contribution in [0, 0.1) is 10.1 Å². The summed E-state index contributed by atoms with van der Waals surface area (Å²) in [5.74, 6) is -1.29. The number of benzene rings is 2. The maximum atomic E-state index is 12.8. The number of hydrogen-bond donors (Lipinski definition) is 1. The number of aromatic carboxylic acids is 1. The standard InChI is InChI=1S/C15H10F3NO4S/c16-15(17,18)11-5-10(14(20)21)6-13(7-11)24-8-9-2-1-3-12(4-9)19(22)23/h1-7H,8H2,(H,20,21). The van der Waals surface area contributed by atoms with Gasteiger partial charge in [-0.2, -0.15) is 13.2 Å². The number of alkyl halides is 3. The monoisotopic (exact) mass is 357 g/mol. The zero-order valence-electron chi connectivity index (χ0n) is 11.9. The van der Waals surface area contributed by atoms with Gasteiger partial charge in [0.15, 0.2) is 0 Å². The minimum Gasteiger partial charge on any atom is -0.478 e. The summed E-state index contributed by atoms with van der Waals surface area (Å²) < 4.78 is 38.5. The van der Waals surface area contributed by atoms with E-state index in [1.807, 2.05) is 0 Å². The first-order chi connectivity index (χ1) is 11.2. The maximum absolute atomic E-state index is 12.8. The number of carboxylic acid groups (broad SMARTS) is 1. The summed E-state index contributed by atoms with van der Waals surface area (Å²) in [6.45, 7) is 0. The first-order valence-electron chi connectivity index (χ1n) is 6.48. The maximum Gasteiger partial charge on any atom is 0.416 e. The number of nitro groups is 1. The Morgan fingerprint density at radius 3 is 2.50 bits per heavy atom. The van der Waals surface area contributed by atoms with Gasteiger partial charge in [-0.15, -0.1) is 11.8 Å². The molecule has 126 valence electrons. The van der Waals surface area contributed by atoms with Crippen LogP contribution < -0.4 is 0 Å². The second kappa shape index (κ2) is 6.91. The first-order valence-corrected chi connectivity index (χ1v) is 7.47. The van der Waals surface area contributed by atoms with E-state index in [0.717, 1.165) is 23.9 Å². The average Bonchev–Trinajstić information content (AvgIpc) is 2.52. The number of rotatable bonds is 5. The van der Waals surface area contributed by atoms with Crippen LogP contribution in [0.2, 0.25) is 0 Å². The molecule has 0 aliphatic rings. The molecule has 0 bridgehead atoms. The van der Waals surface area contributed by atoms with E-state index in [0.29, 0.717) is 11.6 Å². The molecule has 0 saturated heterocycles. The van der Waals surface area contributed by atoms with Gasteiger partial charge in [0.1, 0.15) is 0 Å². The van der Waals surface area contributed by atoms with Gasteiger partial charge >= 0.3 is 12.1 Å². The Hall–Kier alpha value is -2.55. The molecule has 5 nitrogen and oxygen atoms in total. The van der Waals surface area contributed by atoms with Gasteiger partial charge in [-0.3, -0.25) is 10.1 Å². The van der Waals surface area contributed by atoms with Crippen molar-refractivity contribution in [2.45, 2.75) is 16.8 Å². The molecule has 0 radical (unpaired) electrons. The number of carbonyl (C=O) groups is 1. The third kappa shape index (κ3) is 4.48. The van der Waals surface area contributed by atoms with Crippen LogP contribution in [0.4, 0.5) is 18.9 Å². The van der Waals surface area contributed by atoms with E-state index >= 15 is 0 Å². The fraction of sp³-hybridized carbons (Fsp3) is 0.133. The lowest BCUT2D eigenvalue weighted by Gasteiger charge is -2.10. The molecule has 9 heteroatoms. The second-order valence-electron chi connectivity index (χ2n) is 4.76. The van der Waals surface area contributed by atoms with Crippen LogP contribution in [-0.4, -0.2) is 16.0 Å². The third-order valence-electron chi connectivity index (χ3n) is 3.01. The highest BCUT2D eigenvalue weighted by Crippen LogP contribution is 2.34. The first kappa shape index (κ1) is 17.8. The number of nitrogens with zero attached hydrogens (tertiary/aromatic N) is 1. The van der Waals surface area contributed by atoms with Crippen LogP contribution in [0.1, 0.15) is 21.5 Å². The molecule has 2 aromatic rings. The van der Waals surface area contributed by atoms with Crippen molar-refractivity contribution in [3.05, 3.63) is 69.3 Å². The van der Waals surface area contributed by atoms with E-state index in [1.54, 1.807) is 6.07 Å². The van der Waals surface area contributed by atoms with Crippen LogP contribution in [0.3, 0.4) is 0 Å². The minimum atomic E-state index is -4.66. The van der Waals surface area contributed by atoms with Crippen LogP contribution in [-0.2, 0) is 11.9 Å². The van der Waals surface area contributed by atoms with Crippen molar-refractivity contribution in [3.8, 4) is 0 Å². The van der Waals surface area contributed by atoms with Gasteiger partial charge in [0.2, 0.25) is 0 Å². The molecule has 0 amide bonds. The van der Waals surface area contributed by atoms with Crippen molar-refractivity contribution in [3.63, 3.8) is 0 Å². The summed E-state index contributed by atoms with van der Waals surface area (Å²) in [6.07, 6.45) is -4.66. The van der Waals surface area contributed by atoms with Gasteiger partial charge in [-0.1, -0.05) is 12.1 Å². The third-order valence-corrected chi connectivity index (χ3v) is 4.05. The van der Waals surface area contributed by atoms with Crippen molar-refractivity contribution in [1.29, 1.82) is 0 Å². The lowest BCUT2D eigenvalue weighted by molar-refractivity contribution is -0.384. The van der Waals surface area contributed by atoms with E-state index in [9.17, 15) is 28.1 Å². The van der Waals surface area contributed by atoms with Gasteiger partial charge < -0.3 is 5.11 Å². The van der Waals surface area contributed by atoms with Crippen LogP contribution in [0.25, 0.3) is 0 Å². The number of thioether (sulfide) groups is 1. The van der Waals surface area contributed by atoms with Gasteiger partial charge in [-0.05, 0) is 23.8 Å². The lowest BCUT2D eigenvalue weighted by Crippen LogP contribution is -2.08. The smallest absolute Gasteiger partial charge is 0.416 e. The fourth-order valence-electron chi connectivity index (χ4n) is 1.90. The molecule has 2 rings (SSSR count). The van der Waals surface area contributed by atoms with E-state index in [4.69, 9.17) is 5.11 Å². The highest BCUT2D eigenvalue weighted by Gasteiger charge is 2.31.